The lowest BCUT2D eigenvalue weighted by Crippen LogP contribution is -2.47. The normalized spacial score (nSPS) is 16.3. The van der Waals surface area contributed by atoms with Crippen LogP contribution in [0.25, 0.3) is 0 Å². The van der Waals surface area contributed by atoms with Crippen LogP contribution < -0.4 is 0 Å². The van der Waals surface area contributed by atoms with Crippen molar-refractivity contribution in [3.63, 3.8) is 0 Å². The first-order valence-corrected chi connectivity index (χ1v) is 6.67. The Balaban J connectivity index is 2.16. The molecule has 1 aliphatic rings. The third-order valence-corrected chi connectivity index (χ3v) is 3.73. The number of nitrogens with zero attached hydrogens (tertiary/aromatic N) is 3. The number of thioether (sulfide) groups is 1. The van der Waals surface area contributed by atoms with E-state index >= 15 is 0 Å². The van der Waals surface area contributed by atoms with E-state index in [4.69, 9.17) is 5.26 Å². The maximum absolute atomic E-state index is 12.4. The summed E-state index contributed by atoms with van der Waals surface area (Å²) in [5.41, 5.74) is 0.633. The Morgan fingerprint density at radius 3 is 2.61 bits per heavy atom. The predicted octanol–water partition coefficient (Wildman–Crippen LogP) is 1.65. The highest BCUT2D eigenvalue weighted by molar-refractivity contribution is 8.03. The van der Waals surface area contributed by atoms with E-state index in [9.17, 15) is 4.79 Å². The zero-order valence-electron chi connectivity index (χ0n) is 10.3. The molecule has 0 atom stereocenters. The Hall–Kier alpha value is -1.51. The minimum atomic E-state index is 0.0291. The number of hydrogen-bond donors (Lipinski definition) is 0. The van der Waals surface area contributed by atoms with Gasteiger partial charge >= 0.3 is 0 Å². The first-order chi connectivity index (χ1) is 8.72. The van der Waals surface area contributed by atoms with Crippen molar-refractivity contribution in [3.05, 3.63) is 29.8 Å². The van der Waals surface area contributed by atoms with E-state index < -0.39 is 0 Å². The molecule has 94 valence electrons. The standard InChI is InChI=1S/C13H15N3OS/c1-15-6-8-16(9-7-15)13(17)11-4-2-3-5-12(11)18-10-14/h2-5H,6-9H2,1H3. The van der Waals surface area contributed by atoms with E-state index in [-0.39, 0.29) is 5.91 Å². The van der Waals surface area contributed by atoms with Crippen LogP contribution >= 0.6 is 11.8 Å². The van der Waals surface area contributed by atoms with E-state index in [0.717, 1.165) is 42.8 Å². The fourth-order valence-corrected chi connectivity index (χ4v) is 2.47. The summed E-state index contributed by atoms with van der Waals surface area (Å²) < 4.78 is 0. The predicted molar refractivity (Wildman–Crippen MR) is 71.3 cm³/mol. The number of amides is 1. The number of rotatable bonds is 2. The maximum Gasteiger partial charge on any atom is 0.255 e. The molecule has 4 nitrogen and oxygen atoms in total. The summed E-state index contributed by atoms with van der Waals surface area (Å²) in [6.07, 6.45) is 0. The highest BCUT2D eigenvalue weighted by Gasteiger charge is 2.22. The molecule has 1 amide bonds. The maximum atomic E-state index is 12.4. The van der Waals surface area contributed by atoms with Crippen LogP contribution in [-0.4, -0.2) is 48.9 Å². The van der Waals surface area contributed by atoms with Gasteiger partial charge in [0.25, 0.3) is 5.91 Å². The second kappa shape index (κ2) is 5.89. The topological polar surface area (TPSA) is 47.3 Å². The van der Waals surface area contributed by atoms with Crippen molar-refractivity contribution in [1.82, 2.24) is 9.80 Å². The summed E-state index contributed by atoms with van der Waals surface area (Å²) in [6, 6.07) is 7.29. The average molecular weight is 261 g/mol. The van der Waals surface area contributed by atoms with Gasteiger partial charge in [0.1, 0.15) is 5.40 Å². The van der Waals surface area contributed by atoms with Gasteiger partial charge in [0, 0.05) is 31.1 Å². The van der Waals surface area contributed by atoms with Crippen molar-refractivity contribution in [1.29, 1.82) is 5.26 Å². The van der Waals surface area contributed by atoms with Crippen molar-refractivity contribution in [2.45, 2.75) is 4.90 Å². The van der Waals surface area contributed by atoms with E-state index in [1.165, 1.54) is 0 Å². The minimum Gasteiger partial charge on any atom is -0.336 e. The van der Waals surface area contributed by atoms with Crippen molar-refractivity contribution in [2.75, 3.05) is 33.2 Å². The Morgan fingerprint density at radius 1 is 1.28 bits per heavy atom. The molecule has 0 bridgehead atoms. The Kier molecular flexibility index (Phi) is 4.24. The van der Waals surface area contributed by atoms with Gasteiger partial charge in [-0.2, -0.15) is 5.26 Å². The van der Waals surface area contributed by atoms with Gasteiger partial charge in [0.15, 0.2) is 0 Å². The molecule has 0 saturated carbocycles. The smallest absolute Gasteiger partial charge is 0.255 e. The Morgan fingerprint density at radius 2 is 1.94 bits per heavy atom. The number of likely N-dealkylation sites (N-methyl/N-ethyl adjacent to an activating group) is 1. The van der Waals surface area contributed by atoms with Crippen LogP contribution in [0, 0.1) is 10.7 Å². The van der Waals surface area contributed by atoms with E-state index in [1.807, 2.05) is 28.5 Å². The molecule has 1 fully saturated rings. The molecular weight excluding hydrogens is 246 g/mol. The van der Waals surface area contributed by atoms with Gasteiger partial charge in [-0.05, 0) is 30.9 Å². The quantitative estimate of drug-likeness (QED) is 0.600. The second-order valence-electron chi connectivity index (χ2n) is 4.28. The summed E-state index contributed by atoms with van der Waals surface area (Å²) in [5, 5.41) is 10.8. The number of benzene rings is 1. The van der Waals surface area contributed by atoms with Crippen LogP contribution in [0.5, 0.6) is 0 Å². The fourth-order valence-electron chi connectivity index (χ4n) is 1.96. The van der Waals surface area contributed by atoms with Gasteiger partial charge < -0.3 is 9.80 Å². The lowest BCUT2D eigenvalue weighted by molar-refractivity contribution is 0.0660. The number of carbonyl (C=O) groups is 1. The third kappa shape index (κ3) is 2.84. The molecule has 1 saturated heterocycles. The number of piperazine rings is 1. The molecule has 0 unspecified atom stereocenters. The van der Waals surface area contributed by atoms with Gasteiger partial charge in [0.2, 0.25) is 0 Å². The lowest BCUT2D eigenvalue weighted by Gasteiger charge is -2.32. The zero-order chi connectivity index (χ0) is 13.0. The van der Waals surface area contributed by atoms with E-state index in [2.05, 4.69) is 11.9 Å². The van der Waals surface area contributed by atoms with Gasteiger partial charge in [-0.1, -0.05) is 12.1 Å². The summed E-state index contributed by atoms with van der Waals surface area (Å²) in [7, 11) is 2.06. The van der Waals surface area contributed by atoms with Crippen LogP contribution in [0.15, 0.2) is 29.2 Å². The zero-order valence-corrected chi connectivity index (χ0v) is 11.1. The van der Waals surface area contributed by atoms with Gasteiger partial charge in [-0.3, -0.25) is 4.79 Å². The second-order valence-corrected chi connectivity index (χ2v) is 5.11. The number of nitriles is 1. The SMILES string of the molecule is CN1CCN(C(=O)c2ccccc2SC#N)CC1. The first-order valence-electron chi connectivity index (χ1n) is 5.85. The van der Waals surface area contributed by atoms with E-state index in [0.29, 0.717) is 5.56 Å². The molecule has 2 rings (SSSR count). The number of carbonyl (C=O) groups excluding carboxylic acids is 1. The van der Waals surface area contributed by atoms with Crippen molar-refractivity contribution < 1.29 is 4.79 Å². The van der Waals surface area contributed by atoms with E-state index in [1.54, 1.807) is 6.07 Å². The molecule has 0 N–H and O–H groups in total. The Labute approximate surface area is 111 Å². The number of hydrogen-bond acceptors (Lipinski definition) is 4. The van der Waals surface area contributed by atoms with Gasteiger partial charge in [-0.25, -0.2) is 0 Å². The molecule has 1 aliphatic heterocycles. The molecule has 1 aromatic carbocycles. The molecule has 5 heteroatoms. The molecule has 1 heterocycles. The van der Waals surface area contributed by atoms with Gasteiger partial charge in [0.05, 0.1) is 5.56 Å². The van der Waals surface area contributed by atoms with Crippen LogP contribution in [0.4, 0.5) is 0 Å². The summed E-state index contributed by atoms with van der Waals surface area (Å²) in [5.74, 6) is 0.0291. The van der Waals surface area contributed by atoms with Crippen molar-refractivity contribution in [3.8, 4) is 5.40 Å². The van der Waals surface area contributed by atoms with Crippen LogP contribution in [0.2, 0.25) is 0 Å². The van der Waals surface area contributed by atoms with Crippen molar-refractivity contribution in [2.24, 2.45) is 0 Å². The van der Waals surface area contributed by atoms with Crippen molar-refractivity contribution >= 4 is 17.7 Å². The van der Waals surface area contributed by atoms with Crippen LogP contribution in [0.3, 0.4) is 0 Å². The summed E-state index contributed by atoms with van der Waals surface area (Å²) >= 11 is 1.04. The molecule has 0 aromatic heterocycles. The molecule has 0 aliphatic carbocycles. The monoisotopic (exact) mass is 261 g/mol. The lowest BCUT2D eigenvalue weighted by atomic mass is 10.2. The van der Waals surface area contributed by atoms with Crippen LogP contribution in [-0.2, 0) is 0 Å². The molecular formula is C13H15N3OS. The fraction of sp³-hybridized carbons (Fsp3) is 0.385. The third-order valence-electron chi connectivity index (χ3n) is 3.06. The highest BCUT2D eigenvalue weighted by atomic mass is 32.2. The minimum absolute atomic E-state index is 0.0291. The molecule has 1 aromatic rings. The highest BCUT2D eigenvalue weighted by Crippen LogP contribution is 2.23. The molecule has 0 spiro atoms. The largest absolute Gasteiger partial charge is 0.336 e. The van der Waals surface area contributed by atoms with Crippen LogP contribution in [0.1, 0.15) is 10.4 Å². The molecule has 0 radical (unpaired) electrons. The summed E-state index contributed by atoms with van der Waals surface area (Å²) in [6.45, 7) is 3.31. The summed E-state index contributed by atoms with van der Waals surface area (Å²) in [4.78, 5) is 17.2. The Bertz CT molecular complexity index is 475. The average Bonchev–Trinajstić information content (AvgIpc) is 2.40. The first kappa shape index (κ1) is 12.9. The van der Waals surface area contributed by atoms with Gasteiger partial charge in [-0.15, -0.1) is 0 Å². The molecule has 18 heavy (non-hydrogen) atoms. The number of thiocyanates is 1.